The molecule has 2 nitrogen and oxygen atoms in total. The second-order valence-electron chi connectivity index (χ2n) is 4.56. The lowest BCUT2D eigenvalue weighted by Crippen LogP contribution is -2.05. The van der Waals surface area contributed by atoms with Crippen molar-refractivity contribution in [3.05, 3.63) is 66.0 Å². The summed E-state index contributed by atoms with van der Waals surface area (Å²) in [4.78, 5) is 4.13. The number of benzene rings is 2. The van der Waals surface area contributed by atoms with E-state index in [1.165, 1.54) is 6.07 Å². The summed E-state index contributed by atoms with van der Waals surface area (Å²) in [5.74, 6) is 0. The summed E-state index contributed by atoms with van der Waals surface area (Å²) in [5.41, 5.74) is 1.42. The van der Waals surface area contributed by atoms with Crippen LogP contribution in [0.25, 0.3) is 11.0 Å². The number of rotatable bonds is 2. The quantitative estimate of drug-likeness (QED) is 0.689. The summed E-state index contributed by atoms with van der Waals surface area (Å²) < 4.78 is 40.0. The maximum absolute atomic E-state index is 12.8. The number of imidazole rings is 1. The van der Waals surface area contributed by atoms with Crippen LogP contribution >= 0.6 is 0 Å². The zero-order valence-electron chi connectivity index (χ0n) is 10.4. The molecule has 0 radical (unpaired) electrons. The van der Waals surface area contributed by atoms with Gasteiger partial charge in [0.25, 0.3) is 0 Å². The molecular formula is C15H11F3N2. The Kier molecular flexibility index (Phi) is 2.97. The molecule has 0 aliphatic carbocycles. The van der Waals surface area contributed by atoms with Crippen LogP contribution in [-0.4, -0.2) is 9.55 Å². The molecule has 5 heteroatoms. The van der Waals surface area contributed by atoms with E-state index >= 15 is 0 Å². The second kappa shape index (κ2) is 4.67. The van der Waals surface area contributed by atoms with Gasteiger partial charge in [0.15, 0.2) is 0 Å². The van der Waals surface area contributed by atoms with Crippen molar-refractivity contribution < 1.29 is 13.2 Å². The highest BCUT2D eigenvalue weighted by molar-refractivity contribution is 5.76. The Morgan fingerprint density at radius 3 is 2.45 bits per heavy atom. The van der Waals surface area contributed by atoms with Crippen molar-refractivity contribution in [3.63, 3.8) is 0 Å². The third-order valence-corrected chi connectivity index (χ3v) is 3.14. The molecule has 2 aromatic carbocycles. The first-order valence-electron chi connectivity index (χ1n) is 6.10. The number of halogens is 3. The molecular weight excluding hydrogens is 265 g/mol. The molecule has 1 heterocycles. The Balaban J connectivity index is 2.03. The molecule has 0 spiro atoms. The molecule has 0 amide bonds. The van der Waals surface area contributed by atoms with Gasteiger partial charge in [-0.3, -0.25) is 0 Å². The van der Waals surface area contributed by atoms with E-state index in [1.807, 2.05) is 30.3 Å². The van der Waals surface area contributed by atoms with E-state index in [0.717, 1.165) is 17.7 Å². The average molecular weight is 276 g/mol. The van der Waals surface area contributed by atoms with E-state index in [0.29, 0.717) is 17.6 Å². The summed E-state index contributed by atoms with van der Waals surface area (Å²) in [6.45, 7) is 0.499. The van der Waals surface area contributed by atoms with Gasteiger partial charge in [-0.1, -0.05) is 30.3 Å². The molecule has 0 bridgehead atoms. The number of fused-ring (bicyclic) bond motifs is 1. The van der Waals surface area contributed by atoms with Gasteiger partial charge in [0.2, 0.25) is 0 Å². The molecule has 0 atom stereocenters. The van der Waals surface area contributed by atoms with Gasteiger partial charge in [-0.25, -0.2) is 4.98 Å². The van der Waals surface area contributed by atoms with Gasteiger partial charge in [0, 0.05) is 6.54 Å². The molecule has 0 aliphatic rings. The molecule has 102 valence electrons. The number of alkyl halides is 3. The van der Waals surface area contributed by atoms with E-state index in [9.17, 15) is 13.2 Å². The van der Waals surface area contributed by atoms with Crippen LogP contribution in [0.2, 0.25) is 0 Å². The van der Waals surface area contributed by atoms with Gasteiger partial charge in [-0.2, -0.15) is 13.2 Å². The van der Waals surface area contributed by atoms with Crippen molar-refractivity contribution in [3.8, 4) is 0 Å². The summed E-state index contributed by atoms with van der Waals surface area (Å²) in [7, 11) is 0. The number of hydrogen-bond acceptors (Lipinski definition) is 1. The SMILES string of the molecule is FC(F)(F)c1ccc2ncn(Cc3ccccc3)c2c1. The van der Waals surface area contributed by atoms with Crippen molar-refractivity contribution in [1.29, 1.82) is 0 Å². The zero-order valence-corrected chi connectivity index (χ0v) is 10.4. The highest BCUT2D eigenvalue weighted by atomic mass is 19.4. The number of nitrogens with zero attached hydrogens (tertiary/aromatic N) is 2. The Hall–Kier alpha value is -2.30. The van der Waals surface area contributed by atoms with Crippen LogP contribution in [0, 0.1) is 0 Å². The Bertz CT molecular complexity index is 730. The van der Waals surface area contributed by atoms with Crippen LogP contribution in [0.1, 0.15) is 11.1 Å². The molecule has 0 N–H and O–H groups in total. The minimum absolute atomic E-state index is 0.490. The normalized spacial score (nSPS) is 11.9. The third-order valence-electron chi connectivity index (χ3n) is 3.14. The van der Waals surface area contributed by atoms with E-state index in [-0.39, 0.29) is 0 Å². The number of hydrogen-bond donors (Lipinski definition) is 0. The summed E-state index contributed by atoms with van der Waals surface area (Å²) >= 11 is 0. The first-order valence-corrected chi connectivity index (χ1v) is 6.10. The fraction of sp³-hybridized carbons (Fsp3) is 0.133. The van der Waals surface area contributed by atoms with Gasteiger partial charge in [0.1, 0.15) is 0 Å². The van der Waals surface area contributed by atoms with E-state index < -0.39 is 11.7 Å². The summed E-state index contributed by atoms with van der Waals surface area (Å²) in [5, 5.41) is 0. The van der Waals surface area contributed by atoms with Crippen molar-refractivity contribution in [2.24, 2.45) is 0 Å². The van der Waals surface area contributed by atoms with Gasteiger partial charge < -0.3 is 4.57 Å². The maximum Gasteiger partial charge on any atom is 0.416 e. The smallest absolute Gasteiger partial charge is 0.326 e. The number of aromatic nitrogens is 2. The van der Waals surface area contributed by atoms with Crippen LogP contribution < -0.4 is 0 Å². The van der Waals surface area contributed by atoms with Crippen molar-refractivity contribution in [2.45, 2.75) is 12.7 Å². The van der Waals surface area contributed by atoms with Gasteiger partial charge in [0.05, 0.1) is 22.9 Å². The molecule has 0 saturated heterocycles. The van der Waals surface area contributed by atoms with Crippen LogP contribution in [-0.2, 0) is 12.7 Å². The molecule has 0 aliphatic heterocycles. The van der Waals surface area contributed by atoms with E-state index in [2.05, 4.69) is 4.98 Å². The Morgan fingerprint density at radius 1 is 1.00 bits per heavy atom. The maximum atomic E-state index is 12.8. The van der Waals surface area contributed by atoms with E-state index in [1.54, 1.807) is 10.9 Å². The lowest BCUT2D eigenvalue weighted by Gasteiger charge is -2.08. The van der Waals surface area contributed by atoms with Crippen molar-refractivity contribution in [1.82, 2.24) is 9.55 Å². The standard InChI is InChI=1S/C15H11F3N2/c16-15(17,18)12-6-7-13-14(8-12)20(10-19-13)9-11-4-2-1-3-5-11/h1-8,10H,9H2. The highest BCUT2D eigenvalue weighted by Gasteiger charge is 2.30. The van der Waals surface area contributed by atoms with E-state index in [4.69, 9.17) is 0 Å². The van der Waals surface area contributed by atoms with Crippen LogP contribution in [0.3, 0.4) is 0 Å². The van der Waals surface area contributed by atoms with Crippen molar-refractivity contribution in [2.75, 3.05) is 0 Å². The molecule has 0 saturated carbocycles. The highest BCUT2D eigenvalue weighted by Crippen LogP contribution is 2.31. The zero-order chi connectivity index (χ0) is 14.2. The predicted molar refractivity (Wildman–Crippen MR) is 70.3 cm³/mol. The summed E-state index contributed by atoms with van der Waals surface area (Å²) in [6.07, 6.45) is -2.77. The Labute approximate surface area is 113 Å². The minimum atomic E-state index is -4.34. The fourth-order valence-corrected chi connectivity index (χ4v) is 2.14. The first kappa shape index (κ1) is 12.7. The minimum Gasteiger partial charge on any atom is -0.326 e. The first-order chi connectivity index (χ1) is 9.54. The van der Waals surface area contributed by atoms with Gasteiger partial charge >= 0.3 is 6.18 Å². The van der Waals surface area contributed by atoms with Gasteiger partial charge in [-0.05, 0) is 23.8 Å². The molecule has 0 unspecified atom stereocenters. The third kappa shape index (κ3) is 2.39. The van der Waals surface area contributed by atoms with Gasteiger partial charge in [-0.15, -0.1) is 0 Å². The lowest BCUT2D eigenvalue weighted by atomic mass is 10.2. The second-order valence-corrected chi connectivity index (χ2v) is 4.56. The topological polar surface area (TPSA) is 17.8 Å². The molecule has 3 rings (SSSR count). The molecule has 1 aromatic heterocycles. The van der Waals surface area contributed by atoms with Crippen LogP contribution in [0.4, 0.5) is 13.2 Å². The largest absolute Gasteiger partial charge is 0.416 e. The van der Waals surface area contributed by atoms with Crippen molar-refractivity contribution >= 4 is 11.0 Å². The predicted octanol–water partition coefficient (Wildman–Crippen LogP) is 4.10. The van der Waals surface area contributed by atoms with Crippen LogP contribution in [0.5, 0.6) is 0 Å². The average Bonchev–Trinajstić information content (AvgIpc) is 2.82. The summed E-state index contributed by atoms with van der Waals surface area (Å²) in [6, 6.07) is 13.2. The monoisotopic (exact) mass is 276 g/mol. The Morgan fingerprint density at radius 2 is 1.75 bits per heavy atom. The lowest BCUT2D eigenvalue weighted by molar-refractivity contribution is -0.137. The molecule has 3 aromatic rings. The van der Waals surface area contributed by atoms with Crippen LogP contribution in [0.15, 0.2) is 54.9 Å². The fourth-order valence-electron chi connectivity index (χ4n) is 2.14. The molecule has 20 heavy (non-hydrogen) atoms. The molecule has 0 fully saturated rings.